The summed E-state index contributed by atoms with van der Waals surface area (Å²) in [6.45, 7) is 27.5. The molecule has 7 rings (SSSR count). The number of esters is 3. The molecule has 3 amide bonds. The molecule has 3 heterocycles. The summed E-state index contributed by atoms with van der Waals surface area (Å²) >= 11 is 0. The number of likely N-dealkylation sites (tertiary alicyclic amines) is 1. The van der Waals surface area contributed by atoms with E-state index in [2.05, 4.69) is 41.7 Å². The molecule has 2 saturated heterocycles. The van der Waals surface area contributed by atoms with Gasteiger partial charge < -0.3 is 39.2 Å². The normalized spacial score (nSPS) is 15.7. The highest BCUT2D eigenvalue weighted by atomic mass is 16.6. The smallest absolute Gasteiger partial charge is 0.320 e. The average Bonchev–Trinajstić information content (AvgIpc) is 1.71. The van der Waals surface area contributed by atoms with Gasteiger partial charge in [0.05, 0.1) is 31.7 Å². The Balaban J connectivity index is 1.12. The van der Waals surface area contributed by atoms with Gasteiger partial charge in [-0.05, 0) is 134 Å². The number of piperidine rings is 1. The van der Waals surface area contributed by atoms with Gasteiger partial charge in [0.25, 0.3) is 5.91 Å². The second kappa shape index (κ2) is 33.0. The van der Waals surface area contributed by atoms with Crippen molar-refractivity contribution in [3.8, 4) is 28.6 Å². The first-order valence-electron chi connectivity index (χ1n) is 32.1. The topological polar surface area (TPSA) is 220 Å². The van der Waals surface area contributed by atoms with Crippen LogP contribution in [-0.4, -0.2) is 196 Å². The number of nitrogens with one attached hydrogen (secondary N) is 2. The molecule has 21 nitrogen and oxygen atoms in total. The summed E-state index contributed by atoms with van der Waals surface area (Å²) in [6.07, 6.45) is 2.68. The summed E-state index contributed by atoms with van der Waals surface area (Å²) in [5.74, 6) is 0.0836. The van der Waals surface area contributed by atoms with Gasteiger partial charge in [0.2, 0.25) is 17.6 Å². The van der Waals surface area contributed by atoms with Crippen LogP contribution in [0.25, 0.3) is 17.1 Å². The molecule has 2 aliphatic rings. The number of hydrogen-bond donors (Lipinski definition) is 2. The van der Waals surface area contributed by atoms with E-state index < -0.39 is 34.6 Å². The summed E-state index contributed by atoms with van der Waals surface area (Å²) in [6, 6.07) is 31.8. The first-order valence-corrected chi connectivity index (χ1v) is 32.1. The number of ether oxygens (including phenoxy) is 5. The van der Waals surface area contributed by atoms with Crippen molar-refractivity contribution >= 4 is 35.6 Å². The van der Waals surface area contributed by atoms with Crippen molar-refractivity contribution in [3.63, 3.8) is 0 Å². The third kappa shape index (κ3) is 23.8. The fraction of sp³-hybridized carbons (Fsp3) is 0.543. The van der Waals surface area contributed by atoms with Gasteiger partial charge in [0, 0.05) is 97.2 Å². The molecule has 0 atom stereocenters. The van der Waals surface area contributed by atoms with Crippen molar-refractivity contribution in [1.82, 2.24) is 49.9 Å². The number of benzene rings is 4. The van der Waals surface area contributed by atoms with Gasteiger partial charge in [0.15, 0.2) is 5.82 Å². The van der Waals surface area contributed by atoms with Crippen molar-refractivity contribution in [2.24, 2.45) is 5.92 Å². The van der Waals surface area contributed by atoms with E-state index in [-0.39, 0.29) is 75.4 Å². The molecule has 0 spiro atoms. The Morgan fingerprint density at radius 1 is 0.527 bits per heavy atom. The minimum atomic E-state index is -0.704. The van der Waals surface area contributed by atoms with E-state index in [4.69, 9.17) is 28.8 Å². The van der Waals surface area contributed by atoms with Crippen LogP contribution >= 0.6 is 0 Å². The molecule has 2 fully saturated rings. The predicted molar refractivity (Wildman–Crippen MR) is 350 cm³/mol. The quantitative estimate of drug-likeness (QED) is 0.0358. The van der Waals surface area contributed by atoms with Crippen molar-refractivity contribution < 1.29 is 52.5 Å². The maximum Gasteiger partial charge on any atom is 0.320 e. The number of rotatable bonds is 23. The van der Waals surface area contributed by atoms with Crippen LogP contribution in [0.2, 0.25) is 0 Å². The number of amides is 3. The van der Waals surface area contributed by atoms with Gasteiger partial charge in [0.1, 0.15) is 41.5 Å². The molecule has 21 heteroatoms. The minimum absolute atomic E-state index is 0.00920. The van der Waals surface area contributed by atoms with Crippen LogP contribution < -0.4 is 20.1 Å². The molecule has 0 bridgehead atoms. The van der Waals surface area contributed by atoms with Crippen LogP contribution in [0.4, 0.5) is 0 Å². The first kappa shape index (κ1) is 70.7. The molecule has 0 aliphatic carbocycles. The lowest BCUT2D eigenvalue weighted by molar-refractivity contribution is -0.158. The number of nitrogens with zero attached hydrogens (tertiary/aromatic N) is 8. The van der Waals surface area contributed by atoms with Crippen LogP contribution in [0.3, 0.4) is 0 Å². The van der Waals surface area contributed by atoms with Gasteiger partial charge in [-0.3, -0.25) is 52.9 Å². The Kier molecular flexibility index (Phi) is 25.7. The van der Waals surface area contributed by atoms with Gasteiger partial charge >= 0.3 is 17.9 Å². The van der Waals surface area contributed by atoms with Gasteiger partial charge in [-0.15, -0.1) is 10.2 Å². The number of aromatic nitrogens is 3. The molecule has 4 aromatic carbocycles. The fourth-order valence-electron chi connectivity index (χ4n) is 10.9. The molecule has 2 N–H and O–H groups in total. The molecular weight excluding hydrogens is 1160 g/mol. The largest absolute Gasteiger partial charge is 0.488 e. The highest BCUT2D eigenvalue weighted by Crippen LogP contribution is 2.41. The van der Waals surface area contributed by atoms with Crippen molar-refractivity contribution in [1.29, 1.82) is 0 Å². The summed E-state index contributed by atoms with van der Waals surface area (Å²) in [7, 11) is 0. The van der Waals surface area contributed by atoms with Crippen LogP contribution in [0.1, 0.15) is 135 Å². The lowest BCUT2D eigenvalue weighted by Crippen LogP contribution is -2.50. The lowest BCUT2D eigenvalue weighted by atomic mass is 9.90. The van der Waals surface area contributed by atoms with Crippen molar-refractivity contribution in [2.45, 2.75) is 138 Å². The second-order valence-electron chi connectivity index (χ2n) is 27.1. The van der Waals surface area contributed by atoms with Crippen LogP contribution in [0.5, 0.6) is 11.5 Å². The molecule has 1 aromatic heterocycles. The minimum Gasteiger partial charge on any atom is -0.488 e. The van der Waals surface area contributed by atoms with E-state index in [1.54, 1.807) is 11.5 Å². The zero-order valence-electron chi connectivity index (χ0n) is 55.8. The highest BCUT2D eigenvalue weighted by Gasteiger charge is 2.30. The zero-order valence-corrected chi connectivity index (χ0v) is 55.8. The Hall–Kier alpha value is -7.72. The van der Waals surface area contributed by atoms with E-state index in [0.717, 1.165) is 54.6 Å². The summed E-state index contributed by atoms with van der Waals surface area (Å²) in [5.41, 5.74) is 3.17. The van der Waals surface area contributed by atoms with Gasteiger partial charge in [-0.2, -0.15) is 0 Å². The van der Waals surface area contributed by atoms with E-state index in [1.807, 2.05) is 172 Å². The van der Waals surface area contributed by atoms with Crippen LogP contribution in [-0.2, 0) is 57.8 Å². The fourth-order valence-corrected chi connectivity index (χ4v) is 10.9. The maximum absolute atomic E-state index is 14.6. The zero-order chi connectivity index (χ0) is 65.9. The summed E-state index contributed by atoms with van der Waals surface area (Å²) in [4.78, 5) is 90.3. The molecular formula is C70H98N10O11. The van der Waals surface area contributed by atoms with E-state index in [1.165, 1.54) is 0 Å². The second-order valence-corrected chi connectivity index (χ2v) is 27.1. The molecule has 0 saturated carbocycles. The molecule has 2 aliphatic heterocycles. The van der Waals surface area contributed by atoms with E-state index in [0.29, 0.717) is 93.5 Å². The molecule has 5 aromatic rings. The summed E-state index contributed by atoms with van der Waals surface area (Å²) < 4.78 is 32.2. The molecule has 494 valence electrons. The Morgan fingerprint density at radius 2 is 0.967 bits per heavy atom. The number of carbonyl (C=O) groups excluding carboxylic acids is 6. The monoisotopic (exact) mass is 1250 g/mol. The standard InChI is InChI=1S/C70H98N10O11/c1-50(2)57-42-58(60(88-49-55-21-17-14-18-22-55)43-59(57)87-48-54-19-15-13-16-20-54)65-73-74-66(80(65)56-25-23-52(24-26-56)41-53-27-31-79(32-28-53)51(3)81)67(86)72-30-29-71-61(82)44-75-33-35-76(45-62(83)89-68(4,5)6)37-39-78(47-64(85)91-70(10,11)12)40-38-77(36-34-75)46-63(84)90-69(7,8)9/h13-26,42-43,50,53H,27-41,44-49H2,1-12H3,(H,71,82)(H,72,86). The Morgan fingerprint density at radius 3 is 1.41 bits per heavy atom. The van der Waals surface area contributed by atoms with Crippen LogP contribution in [0, 0.1) is 5.92 Å². The maximum atomic E-state index is 14.6. The average molecular weight is 1260 g/mol. The Bertz CT molecular complexity index is 3140. The Labute approximate surface area is 538 Å². The van der Waals surface area contributed by atoms with Crippen LogP contribution in [0.15, 0.2) is 97.1 Å². The van der Waals surface area contributed by atoms with Crippen molar-refractivity contribution in [3.05, 3.63) is 125 Å². The van der Waals surface area contributed by atoms with Crippen molar-refractivity contribution in [2.75, 3.05) is 105 Å². The highest BCUT2D eigenvalue weighted by molar-refractivity contribution is 5.92. The third-order valence-corrected chi connectivity index (χ3v) is 15.4. The van der Waals surface area contributed by atoms with E-state index >= 15 is 0 Å². The predicted octanol–water partition coefficient (Wildman–Crippen LogP) is 8.11. The van der Waals surface area contributed by atoms with Gasteiger partial charge in [-0.1, -0.05) is 86.6 Å². The lowest BCUT2D eigenvalue weighted by Gasteiger charge is -2.34. The first-order chi connectivity index (χ1) is 43.1. The number of carbonyl (C=O) groups is 6. The van der Waals surface area contributed by atoms with Gasteiger partial charge in [-0.25, -0.2) is 0 Å². The SMILES string of the molecule is CC(=O)N1CCC(Cc2ccc(-n3c(C(=O)NCCNC(=O)CN4CCN(CC(=O)OC(C)(C)C)CCN(CC(=O)OC(C)(C)C)CCN(CC(=O)OC(C)(C)C)CC4)nnc3-c3cc(C(C)C)c(OCc4ccccc4)cc3OCc3ccccc3)cc2)CC1. The van der Waals surface area contributed by atoms with E-state index in [9.17, 15) is 28.8 Å². The molecule has 91 heavy (non-hydrogen) atoms. The number of hydrogen-bond acceptors (Lipinski definition) is 17. The third-order valence-electron chi connectivity index (χ3n) is 15.4. The summed E-state index contributed by atoms with van der Waals surface area (Å²) in [5, 5.41) is 15.3. The molecule has 0 radical (unpaired) electrons. The molecule has 0 unspecified atom stereocenters.